The predicted octanol–water partition coefficient (Wildman–Crippen LogP) is 0.999. The molecular formula is C15H22N2O2. The van der Waals surface area contributed by atoms with Gasteiger partial charge in [0, 0.05) is 38.3 Å². The minimum atomic E-state index is 0.140. The van der Waals surface area contributed by atoms with Crippen molar-refractivity contribution in [1.29, 1.82) is 0 Å². The fraction of sp³-hybridized carbons (Fsp3) is 0.533. The van der Waals surface area contributed by atoms with Crippen LogP contribution in [0.3, 0.4) is 0 Å². The second kappa shape index (κ2) is 6.68. The Morgan fingerprint density at radius 1 is 1.21 bits per heavy atom. The monoisotopic (exact) mass is 262 g/mol. The van der Waals surface area contributed by atoms with Gasteiger partial charge < -0.3 is 10.0 Å². The summed E-state index contributed by atoms with van der Waals surface area (Å²) in [6.45, 7) is 6.15. The summed E-state index contributed by atoms with van der Waals surface area (Å²) in [6, 6.07) is 7.85. The number of β-amino-alcohol motifs (C(OH)–C–C–N with tert-alkyl or cyclic N) is 1. The number of piperazine rings is 1. The lowest BCUT2D eigenvalue weighted by Gasteiger charge is -2.34. The first kappa shape index (κ1) is 14.0. The Labute approximate surface area is 114 Å². The number of rotatable bonds is 4. The van der Waals surface area contributed by atoms with Crippen LogP contribution in [0.15, 0.2) is 24.3 Å². The SMILES string of the molecule is CCc1ccccc1C(=O)N1CCN(CCO)CC1. The molecule has 1 amide bonds. The second-order valence-corrected chi connectivity index (χ2v) is 4.87. The molecule has 0 atom stereocenters. The lowest BCUT2D eigenvalue weighted by atomic mass is 10.0. The van der Waals surface area contributed by atoms with Crippen molar-refractivity contribution in [2.45, 2.75) is 13.3 Å². The topological polar surface area (TPSA) is 43.8 Å². The highest BCUT2D eigenvalue weighted by Gasteiger charge is 2.22. The molecular weight excluding hydrogens is 240 g/mol. The van der Waals surface area contributed by atoms with Crippen LogP contribution in [-0.4, -0.2) is 60.1 Å². The molecule has 1 heterocycles. The van der Waals surface area contributed by atoms with Gasteiger partial charge in [-0.1, -0.05) is 25.1 Å². The number of benzene rings is 1. The Hall–Kier alpha value is -1.39. The van der Waals surface area contributed by atoms with Gasteiger partial charge in [-0.15, -0.1) is 0 Å². The molecule has 1 fully saturated rings. The maximum Gasteiger partial charge on any atom is 0.254 e. The van der Waals surface area contributed by atoms with E-state index in [1.165, 1.54) is 0 Å². The van der Waals surface area contributed by atoms with Gasteiger partial charge in [-0.2, -0.15) is 0 Å². The highest BCUT2D eigenvalue weighted by molar-refractivity contribution is 5.95. The van der Waals surface area contributed by atoms with E-state index in [-0.39, 0.29) is 12.5 Å². The van der Waals surface area contributed by atoms with Gasteiger partial charge in [-0.3, -0.25) is 9.69 Å². The number of hydrogen-bond acceptors (Lipinski definition) is 3. The molecule has 4 heteroatoms. The van der Waals surface area contributed by atoms with Crippen molar-refractivity contribution in [2.24, 2.45) is 0 Å². The molecule has 0 unspecified atom stereocenters. The smallest absolute Gasteiger partial charge is 0.254 e. The van der Waals surface area contributed by atoms with E-state index in [9.17, 15) is 4.79 Å². The first-order chi connectivity index (χ1) is 9.26. The molecule has 1 saturated heterocycles. The predicted molar refractivity (Wildman–Crippen MR) is 75.2 cm³/mol. The molecule has 19 heavy (non-hydrogen) atoms. The summed E-state index contributed by atoms with van der Waals surface area (Å²) < 4.78 is 0. The largest absolute Gasteiger partial charge is 0.395 e. The fourth-order valence-corrected chi connectivity index (χ4v) is 2.52. The number of hydrogen-bond donors (Lipinski definition) is 1. The van der Waals surface area contributed by atoms with Crippen LogP contribution < -0.4 is 0 Å². The van der Waals surface area contributed by atoms with Gasteiger partial charge in [0.15, 0.2) is 0 Å². The standard InChI is InChI=1S/C15H22N2O2/c1-2-13-5-3-4-6-14(13)15(19)17-9-7-16(8-10-17)11-12-18/h3-6,18H,2,7-12H2,1H3. The van der Waals surface area contributed by atoms with Gasteiger partial charge in [0.1, 0.15) is 0 Å². The number of aryl methyl sites for hydroxylation is 1. The summed E-state index contributed by atoms with van der Waals surface area (Å²) in [5, 5.41) is 8.92. The molecule has 0 radical (unpaired) electrons. The number of nitrogens with zero attached hydrogens (tertiary/aromatic N) is 2. The van der Waals surface area contributed by atoms with Gasteiger partial charge in [-0.05, 0) is 18.1 Å². The van der Waals surface area contributed by atoms with Crippen LogP contribution in [0.2, 0.25) is 0 Å². The fourth-order valence-electron chi connectivity index (χ4n) is 2.52. The molecule has 0 aromatic heterocycles. The first-order valence-corrected chi connectivity index (χ1v) is 6.96. The van der Waals surface area contributed by atoms with E-state index in [0.717, 1.165) is 43.7 Å². The Kier molecular flexibility index (Phi) is 4.93. The molecule has 0 spiro atoms. The third kappa shape index (κ3) is 3.33. The molecule has 0 bridgehead atoms. The van der Waals surface area contributed by atoms with Crippen molar-refractivity contribution >= 4 is 5.91 Å². The van der Waals surface area contributed by atoms with E-state index in [1.54, 1.807) is 0 Å². The lowest BCUT2D eigenvalue weighted by molar-refractivity contribution is 0.0614. The number of aliphatic hydroxyl groups is 1. The van der Waals surface area contributed by atoms with E-state index in [1.807, 2.05) is 29.2 Å². The van der Waals surface area contributed by atoms with Crippen LogP contribution in [-0.2, 0) is 6.42 Å². The van der Waals surface area contributed by atoms with Crippen molar-refractivity contribution in [1.82, 2.24) is 9.80 Å². The summed E-state index contributed by atoms with van der Waals surface area (Å²) in [5.74, 6) is 0.140. The molecule has 0 saturated carbocycles. The normalized spacial score (nSPS) is 16.6. The van der Waals surface area contributed by atoms with Crippen molar-refractivity contribution in [3.8, 4) is 0 Å². The summed E-state index contributed by atoms with van der Waals surface area (Å²) in [6.07, 6.45) is 0.881. The quantitative estimate of drug-likeness (QED) is 0.880. The molecule has 104 valence electrons. The third-order valence-corrected chi connectivity index (χ3v) is 3.70. The number of amides is 1. The summed E-state index contributed by atoms with van der Waals surface area (Å²) in [4.78, 5) is 16.6. The Morgan fingerprint density at radius 2 is 1.89 bits per heavy atom. The van der Waals surface area contributed by atoms with Crippen molar-refractivity contribution < 1.29 is 9.90 Å². The summed E-state index contributed by atoms with van der Waals surface area (Å²) in [7, 11) is 0. The average Bonchev–Trinajstić information content (AvgIpc) is 2.47. The Morgan fingerprint density at radius 3 is 2.53 bits per heavy atom. The molecule has 1 aromatic rings. The van der Waals surface area contributed by atoms with Crippen LogP contribution in [0.5, 0.6) is 0 Å². The van der Waals surface area contributed by atoms with Crippen LogP contribution in [0, 0.1) is 0 Å². The van der Waals surface area contributed by atoms with Gasteiger partial charge in [0.2, 0.25) is 0 Å². The lowest BCUT2D eigenvalue weighted by Crippen LogP contribution is -2.49. The van der Waals surface area contributed by atoms with Crippen molar-refractivity contribution in [3.63, 3.8) is 0 Å². The highest BCUT2D eigenvalue weighted by atomic mass is 16.3. The molecule has 2 rings (SSSR count). The zero-order valence-corrected chi connectivity index (χ0v) is 11.5. The van der Waals surface area contributed by atoms with Crippen LogP contribution in [0.1, 0.15) is 22.8 Å². The molecule has 1 N–H and O–H groups in total. The van der Waals surface area contributed by atoms with Crippen molar-refractivity contribution in [2.75, 3.05) is 39.3 Å². The van der Waals surface area contributed by atoms with E-state index >= 15 is 0 Å². The number of carbonyl (C=O) groups is 1. The van der Waals surface area contributed by atoms with Gasteiger partial charge >= 0.3 is 0 Å². The first-order valence-electron chi connectivity index (χ1n) is 6.96. The Bertz CT molecular complexity index is 426. The highest BCUT2D eigenvalue weighted by Crippen LogP contribution is 2.14. The molecule has 0 aliphatic carbocycles. The molecule has 1 aliphatic rings. The van der Waals surface area contributed by atoms with E-state index in [4.69, 9.17) is 5.11 Å². The van der Waals surface area contributed by atoms with Gasteiger partial charge in [0.05, 0.1) is 6.61 Å². The third-order valence-electron chi connectivity index (χ3n) is 3.70. The number of aliphatic hydroxyl groups excluding tert-OH is 1. The Balaban J connectivity index is 2.01. The van der Waals surface area contributed by atoms with E-state index < -0.39 is 0 Å². The maximum atomic E-state index is 12.5. The minimum absolute atomic E-state index is 0.140. The summed E-state index contributed by atoms with van der Waals surface area (Å²) >= 11 is 0. The number of carbonyl (C=O) groups excluding carboxylic acids is 1. The van der Waals surface area contributed by atoms with Gasteiger partial charge in [-0.25, -0.2) is 0 Å². The van der Waals surface area contributed by atoms with E-state index in [2.05, 4.69) is 11.8 Å². The van der Waals surface area contributed by atoms with Gasteiger partial charge in [0.25, 0.3) is 5.91 Å². The van der Waals surface area contributed by atoms with E-state index in [0.29, 0.717) is 6.54 Å². The van der Waals surface area contributed by atoms with Crippen LogP contribution in [0.4, 0.5) is 0 Å². The summed E-state index contributed by atoms with van der Waals surface area (Å²) in [5.41, 5.74) is 1.95. The van der Waals surface area contributed by atoms with Crippen molar-refractivity contribution in [3.05, 3.63) is 35.4 Å². The minimum Gasteiger partial charge on any atom is -0.395 e. The molecule has 4 nitrogen and oxygen atoms in total. The zero-order chi connectivity index (χ0) is 13.7. The van der Waals surface area contributed by atoms with Crippen LogP contribution in [0.25, 0.3) is 0 Å². The molecule has 1 aliphatic heterocycles. The van der Waals surface area contributed by atoms with Crippen LogP contribution >= 0.6 is 0 Å². The molecule has 1 aromatic carbocycles. The maximum absolute atomic E-state index is 12.5. The zero-order valence-electron chi connectivity index (χ0n) is 11.5. The second-order valence-electron chi connectivity index (χ2n) is 4.87. The average molecular weight is 262 g/mol.